The number of phenolic OH excluding ortho intramolecular Hbond substituents is 1. The highest BCUT2D eigenvalue weighted by molar-refractivity contribution is 7.98. The molecule has 0 aliphatic rings. The molecule has 0 atom stereocenters. The lowest BCUT2D eigenvalue weighted by molar-refractivity contribution is -0.129. The van der Waals surface area contributed by atoms with Crippen LogP contribution in [0.2, 0.25) is 0 Å². The highest BCUT2D eigenvalue weighted by atomic mass is 32.2. The SMILES string of the molecule is CSCCCN(C)C(=O)Cc1cccc(O)c1. The zero-order valence-corrected chi connectivity index (χ0v) is 11.2. The molecule has 0 aromatic heterocycles. The summed E-state index contributed by atoms with van der Waals surface area (Å²) < 4.78 is 0. The van der Waals surface area contributed by atoms with Gasteiger partial charge in [-0.3, -0.25) is 4.79 Å². The average Bonchev–Trinajstić information content (AvgIpc) is 2.29. The maximum Gasteiger partial charge on any atom is 0.226 e. The summed E-state index contributed by atoms with van der Waals surface area (Å²) in [7, 11) is 1.82. The topological polar surface area (TPSA) is 40.5 Å². The van der Waals surface area contributed by atoms with E-state index in [1.165, 1.54) is 0 Å². The van der Waals surface area contributed by atoms with Gasteiger partial charge in [-0.2, -0.15) is 11.8 Å². The van der Waals surface area contributed by atoms with E-state index >= 15 is 0 Å². The molecular weight excluding hydrogens is 234 g/mol. The zero-order chi connectivity index (χ0) is 12.7. The number of carbonyl (C=O) groups excluding carboxylic acids is 1. The summed E-state index contributed by atoms with van der Waals surface area (Å²) in [4.78, 5) is 13.6. The number of benzene rings is 1. The molecule has 0 fully saturated rings. The molecule has 0 saturated carbocycles. The largest absolute Gasteiger partial charge is 0.508 e. The Labute approximate surface area is 107 Å². The van der Waals surface area contributed by atoms with Crippen molar-refractivity contribution in [2.75, 3.05) is 25.6 Å². The number of amides is 1. The van der Waals surface area contributed by atoms with E-state index in [-0.39, 0.29) is 11.7 Å². The van der Waals surface area contributed by atoms with Crippen LogP contribution in [0.3, 0.4) is 0 Å². The van der Waals surface area contributed by atoms with Crippen LogP contribution < -0.4 is 0 Å². The number of rotatable bonds is 6. The quantitative estimate of drug-likeness (QED) is 0.790. The molecule has 0 unspecified atom stereocenters. The number of hydrogen-bond donors (Lipinski definition) is 1. The van der Waals surface area contributed by atoms with Crippen LogP contribution in [0, 0.1) is 0 Å². The van der Waals surface area contributed by atoms with Gasteiger partial charge in [-0.25, -0.2) is 0 Å². The van der Waals surface area contributed by atoms with Crippen molar-refractivity contribution in [1.82, 2.24) is 4.90 Å². The fraction of sp³-hybridized carbons (Fsp3) is 0.462. The first-order valence-corrected chi connectivity index (χ1v) is 7.03. The molecule has 0 spiro atoms. The first-order valence-electron chi connectivity index (χ1n) is 5.64. The van der Waals surface area contributed by atoms with Gasteiger partial charge in [-0.05, 0) is 36.1 Å². The number of phenols is 1. The van der Waals surface area contributed by atoms with Gasteiger partial charge < -0.3 is 10.0 Å². The van der Waals surface area contributed by atoms with Crippen LogP contribution in [0.4, 0.5) is 0 Å². The molecule has 0 heterocycles. The predicted octanol–water partition coefficient (Wildman–Crippen LogP) is 2.15. The Balaban J connectivity index is 2.43. The first kappa shape index (κ1) is 13.9. The van der Waals surface area contributed by atoms with E-state index in [1.807, 2.05) is 13.1 Å². The van der Waals surface area contributed by atoms with Crippen LogP contribution in [-0.4, -0.2) is 41.5 Å². The summed E-state index contributed by atoms with van der Waals surface area (Å²) in [6.07, 6.45) is 3.43. The van der Waals surface area contributed by atoms with Crippen LogP contribution >= 0.6 is 11.8 Å². The highest BCUT2D eigenvalue weighted by Crippen LogP contribution is 2.12. The van der Waals surface area contributed by atoms with E-state index in [2.05, 4.69) is 6.26 Å². The van der Waals surface area contributed by atoms with Crippen LogP contribution in [0.15, 0.2) is 24.3 Å². The van der Waals surface area contributed by atoms with Gasteiger partial charge in [-0.15, -0.1) is 0 Å². The number of hydrogen-bond acceptors (Lipinski definition) is 3. The molecule has 94 valence electrons. The van der Waals surface area contributed by atoms with Gasteiger partial charge >= 0.3 is 0 Å². The molecule has 4 heteroatoms. The summed E-state index contributed by atoms with van der Waals surface area (Å²) in [5.41, 5.74) is 0.853. The fourth-order valence-electron chi connectivity index (χ4n) is 1.55. The zero-order valence-electron chi connectivity index (χ0n) is 10.3. The van der Waals surface area contributed by atoms with Gasteiger partial charge in [0, 0.05) is 13.6 Å². The lowest BCUT2D eigenvalue weighted by atomic mass is 10.1. The number of thioether (sulfide) groups is 1. The van der Waals surface area contributed by atoms with E-state index in [1.54, 1.807) is 34.9 Å². The van der Waals surface area contributed by atoms with Crippen molar-refractivity contribution in [3.8, 4) is 5.75 Å². The number of carbonyl (C=O) groups is 1. The van der Waals surface area contributed by atoms with E-state index in [0.717, 1.165) is 24.3 Å². The van der Waals surface area contributed by atoms with E-state index in [4.69, 9.17) is 0 Å². The van der Waals surface area contributed by atoms with Crippen molar-refractivity contribution >= 4 is 17.7 Å². The smallest absolute Gasteiger partial charge is 0.226 e. The third kappa shape index (κ3) is 5.13. The highest BCUT2D eigenvalue weighted by Gasteiger charge is 2.09. The van der Waals surface area contributed by atoms with Crippen molar-refractivity contribution in [3.05, 3.63) is 29.8 Å². The second-order valence-electron chi connectivity index (χ2n) is 4.01. The summed E-state index contributed by atoms with van der Waals surface area (Å²) in [5, 5.41) is 9.31. The molecule has 1 amide bonds. The van der Waals surface area contributed by atoms with Crippen LogP contribution in [0.5, 0.6) is 5.75 Å². The molecule has 1 aromatic carbocycles. The third-order valence-corrected chi connectivity index (χ3v) is 3.23. The van der Waals surface area contributed by atoms with E-state index in [9.17, 15) is 9.90 Å². The molecule has 1 N–H and O–H groups in total. The molecule has 1 aromatic rings. The molecule has 17 heavy (non-hydrogen) atoms. The van der Waals surface area contributed by atoms with Crippen molar-refractivity contribution in [2.24, 2.45) is 0 Å². The van der Waals surface area contributed by atoms with Gasteiger partial charge in [0.05, 0.1) is 6.42 Å². The standard InChI is InChI=1S/C13H19NO2S/c1-14(7-4-8-17-2)13(16)10-11-5-3-6-12(15)9-11/h3,5-6,9,15H,4,7-8,10H2,1-2H3. The van der Waals surface area contributed by atoms with Crippen LogP contribution in [0.25, 0.3) is 0 Å². The lowest BCUT2D eigenvalue weighted by Gasteiger charge is -2.16. The molecule has 0 saturated heterocycles. The van der Waals surface area contributed by atoms with Crippen LogP contribution in [-0.2, 0) is 11.2 Å². The molecule has 0 radical (unpaired) electrons. The van der Waals surface area contributed by atoms with E-state index in [0.29, 0.717) is 6.42 Å². The van der Waals surface area contributed by atoms with Gasteiger partial charge in [0.2, 0.25) is 5.91 Å². The predicted molar refractivity (Wildman–Crippen MR) is 72.4 cm³/mol. The minimum atomic E-state index is 0.0942. The Hall–Kier alpha value is -1.16. The Morgan fingerprint density at radius 1 is 1.47 bits per heavy atom. The number of nitrogens with zero attached hydrogens (tertiary/aromatic N) is 1. The maximum atomic E-state index is 11.9. The van der Waals surface area contributed by atoms with Gasteiger partial charge in [0.15, 0.2) is 0 Å². The monoisotopic (exact) mass is 253 g/mol. The average molecular weight is 253 g/mol. The van der Waals surface area contributed by atoms with Crippen LogP contribution in [0.1, 0.15) is 12.0 Å². The lowest BCUT2D eigenvalue weighted by Crippen LogP contribution is -2.29. The number of likely N-dealkylation sites (N-methyl/N-ethyl adjacent to an activating group) is 1. The van der Waals surface area contributed by atoms with Crippen molar-refractivity contribution < 1.29 is 9.90 Å². The molecule has 1 rings (SSSR count). The Bertz CT molecular complexity index is 368. The minimum Gasteiger partial charge on any atom is -0.508 e. The Morgan fingerprint density at radius 2 is 2.24 bits per heavy atom. The molecular formula is C13H19NO2S. The minimum absolute atomic E-state index is 0.0942. The van der Waals surface area contributed by atoms with Gasteiger partial charge in [0.1, 0.15) is 5.75 Å². The molecule has 3 nitrogen and oxygen atoms in total. The fourth-order valence-corrected chi connectivity index (χ4v) is 1.96. The second kappa shape index (κ2) is 7.22. The number of aromatic hydroxyl groups is 1. The summed E-state index contributed by atoms with van der Waals surface area (Å²) in [6, 6.07) is 6.85. The van der Waals surface area contributed by atoms with E-state index < -0.39 is 0 Å². The molecule has 0 aliphatic heterocycles. The van der Waals surface area contributed by atoms with Crippen molar-refractivity contribution in [1.29, 1.82) is 0 Å². The Kier molecular flexibility index (Phi) is 5.91. The second-order valence-corrected chi connectivity index (χ2v) is 4.99. The van der Waals surface area contributed by atoms with Gasteiger partial charge in [0.25, 0.3) is 0 Å². The maximum absolute atomic E-state index is 11.9. The van der Waals surface area contributed by atoms with Crippen molar-refractivity contribution in [3.63, 3.8) is 0 Å². The third-order valence-electron chi connectivity index (χ3n) is 2.53. The summed E-state index contributed by atoms with van der Waals surface area (Å²) >= 11 is 1.79. The molecule has 0 aliphatic carbocycles. The Morgan fingerprint density at radius 3 is 2.88 bits per heavy atom. The normalized spacial score (nSPS) is 10.2. The van der Waals surface area contributed by atoms with Crippen molar-refractivity contribution in [2.45, 2.75) is 12.8 Å². The first-order chi connectivity index (χ1) is 8.13. The van der Waals surface area contributed by atoms with Gasteiger partial charge in [-0.1, -0.05) is 12.1 Å². The molecule has 0 bridgehead atoms. The summed E-state index contributed by atoms with van der Waals surface area (Å²) in [6.45, 7) is 0.790. The summed E-state index contributed by atoms with van der Waals surface area (Å²) in [5.74, 6) is 1.38.